The van der Waals surface area contributed by atoms with Gasteiger partial charge >= 0.3 is 0 Å². The Hall–Kier alpha value is -1.65. The van der Waals surface area contributed by atoms with E-state index in [0.29, 0.717) is 11.5 Å². The average molecular weight is 336 g/mol. The molecule has 0 atom stereocenters. The molecular formula is C14H10N2O2SZn. The van der Waals surface area contributed by atoms with E-state index in [9.17, 15) is 5.11 Å². The molecule has 2 aromatic carbocycles. The summed E-state index contributed by atoms with van der Waals surface area (Å²) in [5.41, 5.74) is 1.28. The molecule has 3 aromatic rings. The number of hydrogen-bond acceptors (Lipinski definition) is 5. The van der Waals surface area contributed by atoms with Gasteiger partial charge in [-0.1, -0.05) is 24.3 Å². The molecule has 0 fully saturated rings. The summed E-state index contributed by atoms with van der Waals surface area (Å²) >= 11 is 4.35. The Labute approximate surface area is 134 Å². The summed E-state index contributed by atoms with van der Waals surface area (Å²) in [4.78, 5) is 0.759. The fraction of sp³-hybridized carbons (Fsp3) is 0. The minimum Gasteiger partial charge on any atom is -0.507 e. The van der Waals surface area contributed by atoms with Crippen molar-refractivity contribution in [2.75, 3.05) is 0 Å². The van der Waals surface area contributed by atoms with Crippen LogP contribution in [0.1, 0.15) is 0 Å². The van der Waals surface area contributed by atoms with E-state index < -0.39 is 0 Å². The molecular weight excluding hydrogens is 326 g/mol. The van der Waals surface area contributed by atoms with Crippen LogP contribution in [0.15, 0.2) is 57.8 Å². The molecule has 1 aromatic heterocycles. The first kappa shape index (κ1) is 14.8. The van der Waals surface area contributed by atoms with Crippen molar-refractivity contribution in [2.24, 2.45) is 0 Å². The Balaban J connectivity index is 0.00000147. The number of phenols is 1. The summed E-state index contributed by atoms with van der Waals surface area (Å²) in [6.07, 6.45) is 0. The molecule has 1 N–H and O–H groups in total. The summed E-state index contributed by atoms with van der Waals surface area (Å²) < 4.78 is 5.59. The van der Waals surface area contributed by atoms with Crippen molar-refractivity contribution in [3.8, 4) is 28.7 Å². The standard InChI is InChI=1S/C14H10N2O2S.Zn/c17-11-7-3-1-5-9(11)13-15-16-14(18-13)10-6-2-4-8-12(10)19;/h1-8,17,19H;. The topological polar surface area (TPSA) is 59.2 Å². The monoisotopic (exact) mass is 334 g/mol. The molecule has 0 amide bonds. The SMILES string of the molecule is Oc1ccccc1-c1nnc(-c2ccccc2S)o1.[Zn]. The average Bonchev–Trinajstić information content (AvgIpc) is 2.89. The van der Waals surface area contributed by atoms with Crippen LogP contribution in [-0.4, -0.2) is 15.3 Å². The van der Waals surface area contributed by atoms with Crippen LogP contribution in [0.3, 0.4) is 0 Å². The van der Waals surface area contributed by atoms with Gasteiger partial charge in [0.05, 0.1) is 11.1 Å². The molecule has 1 heterocycles. The van der Waals surface area contributed by atoms with Crippen LogP contribution < -0.4 is 0 Å². The quantitative estimate of drug-likeness (QED) is 0.556. The third-order valence-corrected chi connectivity index (χ3v) is 3.08. The van der Waals surface area contributed by atoms with Crippen LogP contribution in [0.4, 0.5) is 0 Å². The first-order valence-electron chi connectivity index (χ1n) is 5.66. The van der Waals surface area contributed by atoms with Crippen LogP contribution in [0, 0.1) is 0 Å². The zero-order valence-electron chi connectivity index (χ0n) is 10.5. The third kappa shape index (κ3) is 2.76. The number of rotatable bonds is 2. The Morgan fingerprint density at radius 1 is 0.850 bits per heavy atom. The molecule has 0 bridgehead atoms. The van der Waals surface area contributed by atoms with E-state index >= 15 is 0 Å². The maximum Gasteiger partial charge on any atom is 0.251 e. The summed E-state index contributed by atoms with van der Waals surface area (Å²) in [5.74, 6) is 0.769. The van der Waals surface area contributed by atoms with Crippen molar-refractivity contribution in [2.45, 2.75) is 4.90 Å². The van der Waals surface area contributed by atoms with E-state index in [2.05, 4.69) is 22.8 Å². The number of nitrogens with zero attached hydrogens (tertiary/aromatic N) is 2. The molecule has 6 heteroatoms. The molecule has 0 spiro atoms. The van der Waals surface area contributed by atoms with Gasteiger partial charge in [-0.15, -0.1) is 22.8 Å². The van der Waals surface area contributed by atoms with Gasteiger partial charge in [0.25, 0.3) is 5.89 Å². The summed E-state index contributed by atoms with van der Waals surface area (Å²) in [6, 6.07) is 14.3. The molecule has 3 rings (SSSR count). The third-order valence-electron chi connectivity index (χ3n) is 2.69. The first-order valence-corrected chi connectivity index (χ1v) is 6.10. The van der Waals surface area contributed by atoms with Gasteiger partial charge in [-0.05, 0) is 24.3 Å². The molecule has 20 heavy (non-hydrogen) atoms. The van der Waals surface area contributed by atoms with Crippen LogP contribution >= 0.6 is 12.6 Å². The van der Waals surface area contributed by atoms with E-state index in [1.165, 1.54) is 0 Å². The number of para-hydroxylation sites is 1. The molecule has 0 saturated carbocycles. The molecule has 0 aliphatic carbocycles. The van der Waals surface area contributed by atoms with Gasteiger partial charge < -0.3 is 9.52 Å². The van der Waals surface area contributed by atoms with Crippen molar-refractivity contribution >= 4 is 12.6 Å². The summed E-state index contributed by atoms with van der Waals surface area (Å²) in [6.45, 7) is 0. The van der Waals surface area contributed by atoms with E-state index in [-0.39, 0.29) is 31.1 Å². The van der Waals surface area contributed by atoms with Gasteiger partial charge in [-0.3, -0.25) is 0 Å². The normalized spacial score (nSPS) is 10.1. The zero-order valence-corrected chi connectivity index (χ0v) is 14.4. The second-order valence-electron chi connectivity index (χ2n) is 3.95. The van der Waals surface area contributed by atoms with Gasteiger partial charge in [-0.25, -0.2) is 0 Å². The van der Waals surface area contributed by atoms with Gasteiger partial charge in [0.2, 0.25) is 5.89 Å². The maximum atomic E-state index is 9.76. The second kappa shape index (κ2) is 6.20. The summed E-state index contributed by atoms with van der Waals surface area (Å²) in [5, 5.41) is 17.7. The Morgan fingerprint density at radius 3 is 2.05 bits per heavy atom. The Morgan fingerprint density at radius 2 is 1.40 bits per heavy atom. The Kier molecular flexibility index (Phi) is 4.58. The van der Waals surface area contributed by atoms with Crippen LogP contribution in [0.5, 0.6) is 5.75 Å². The molecule has 0 radical (unpaired) electrons. The number of hydrogen-bond donors (Lipinski definition) is 2. The second-order valence-corrected chi connectivity index (χ2v) is 4.43. The van der Waals surface area contributed by atoms with Gasteiger partial charge in [0, 0.05) is 24.4 Å². The Bertz CT molecular complexity index is 670. The molecule has 96 valence electrons. The number of thiol groups is 1. The predicted molar refractivity (Wildman–Crippen MR) is 74.1 cm³/mol. The van der Waals surface area contributed by atoms with Crippen molar-refractivity contribution in [3.05, 3.63) is 48.5 Å². The van der Waals surface area contributed by atoms with Gasteiger partial charge in [-0.2, -0.15) is 0 Å². The van der Waals surface area contributed by atoms with Crippen molar-refractivity contribution in [1.82, 2.24) is 10.2 Å². The van der Waals surface area contributed by atoms with E-state index in [0.717, 1.165) is 10.5 Å². The van der Waals surface area contributed by atoms with E-state index in [4.69, 9.17) is 4.42 Å². The smallest absolute Gasteiger partial charge is 0.251 e. The number of benzene rings is 2. The largest absolute Gasteiger partial charge is 0.507 e. The number of aromatic hydroxyl groups is 1. The van der Waals surface area contributed by atoms with Crippen LogP contribution in [0.2, 0.25) is 0 Å². The number of phenolic OH excluding ortho intramolecular Hbond substituents is 1. The molecule has 0 aliphatic heterocycles. The molecule has 0 aliphatic rings. The van der Waals surface area contributed by atoms with Crippen molar-refractivity contribution < 1.29 is 29.0 Å². The summed E-state index contributed by atoms with van der Waals surface area (Å²) in [7, 11) is 0. The van der Waals surface area contributed by atoms with Gasteiger partial charge in [0.1, 0.15) is 5.75 Å². The van der Waals surface area contributed by atoms with Crippen molar-refractivity contribution in [1.29, 1.82) is 0 Å². The number of aromatic nitrogens is 2. The fourth-order valence-electron chi connectivity index (χ4n) is 1.75. The fourth-order valence-corrected chi connectivity index (χ4v) is 2.01. The molecule has 0 saturated heterocycles. The molecule has 0 unspecified atom stereocenters. The predicted octanol–water partition coefficient (Wildman–Crippen LogP) is 3.40. The minimum absolute atomic E-state index is 0. The maximum absolute atomic E-state index is 9.76. The van der Waals surface area contributed by atoms with E-state index in [1.807, 2.05) is 24.3 Å². The van der Waals surface area contributed by atoms with Crippen LogP contribution in [0.25, 0.3) is 22.9 Å². The van der Waals surface area contributed by atoms with Crippen molar-refractivity contribution in [3.63, 3.8) is 0 Å². The van der Waals surface area contributed by atoms with E-state index in [1.54, 1.807) is 24.3 Å². The minimum atomic E-state index is 0. The zero-order chi connectivity index (χ0) is 13.2. The molecule has 4 nitrogen and oxygen atoms in total. The first-order chi connectivity index (χ1) is 9.25. The van der Waals surface area contributed by atoms with Gasteiger partial charge in [0.15, 0.2) is 0 Å². The van der Waals surface area contributed by atoms with Crippen LogP contribution in [-0.2, 0) is 19.5 Å².